The minimum Gasteiger partial charge on any atom is -0.484 e. The molecule has 1 atom stereocenters. The topological polar surface area (TPSA) is 76.7 Å². The van der Waals surface area contributed by atoms with Crippen LogP contribution in [0, 0.1) is 3.70 Å². The van der Waals surface area contributed by atoms with Gasteiger partial charge in [0, 0.05) is 16.1 Å². The average Bonchev–Trinajstić information content (AvgIpc) is 3.29. The van der Waals surface area contributed by atoms with Crippen LogP contribution in [0.3, 0.4) is 0 Å². The molecule has 0 unspecified atom stereocenters. The molecule has 0 bridgehead atoms. The zero-order chi connectivity index (χ0) is 23.2. The molecule has 0 saturated heterocycles. The summed E-state index contributed by atoms with van der Waals surface area (Å²) in [6, 6.07) is 11.2. The van der Waals surface area contributed by atoms with Crippen molar-refractivity contribution in [2.24, 2.45) is 0 Å². The Morgan fingerprint density at radius 2 is 1.97 bits per heavy atom. The number of imidazole rings is 1. The number of aromatic nitrogens is 3. The minimum atomic E-state index is -1.04. The highest BCUT2D eigenvalue weighted by Gasteiger charge is 2.34. The summed E-state index contributed by atoms with van der Waals surface area (Å²) < 4.78 is 8.90. The molecule has 0 aliphatic carbocycles. The van der Waals surface area contributed by atoms with Gasteiger partial charge in [-0.1, -0.05) is 50.6 Å². The highest BCUT2D eigenvalue weighted by Crippen LogP contribution is 2.49. The van der Waals surface area contributed by atoms with Crippen molar-refractivity contribution in [2.45, 2.75) is 39.2 Å². The van der Waals surface area contributed by atoms with Crippen molar-refractivity contribution in [1.82, 2.24) is 14.6 Å². The number of aromatic carboxylic acids is 1. The van der Waals surface area contributed by atoms with Crippen LogP contribution in [-0.4, -0.2) is 25.7 Å². The highest BCUT2D eigenvalue weighted by atomic mass is 127. The second-order valence-corrected chi connectivity index (χ2v) is 10.9. The Hall–Kier alpha value is -2.17. The van der Waals surface area contributed by atoms with Gasteiger partial charge in [-0.3, -0.25) is 0 Å². The van der Waals surface area contributed by atoms with Crippen molar-refractivity contribution in [2.75, 3.05) is 0 Å². The van der Waals surface area contributed by atoms with E-state index in [-0.39, 0.29) is 4.88 Å². The van der Waals surface area contributed by atoms with E-state index in [9.17, 15) is 9.90 Å². The van der Waals surface area contributed by atoms with E-state index in [4.69, 9.17) is 16.3 Å². The van der Waals surface area contributed by atoms with Gasteiger partial charge in [-0.25, -0.2) is 14.3 Å². The standard InChI is InChI=1S/C23H21ClIN3O3S/c1-12(13-7-5-6-8-14(13)24)31-19-18(23(2,3)4)20(32-21(19)22(29)30)15-11-26-17-10-9-16(25)27-28(15)17/h5-12H,1-4H3,(H,29,30)/t12-/m1/s1. The molecule has 4 aromatic rings. The normalized spacial score (nSPS) is 12.8. The van der Waals surface area contributed by atoms with Gasteiger partial charge >= 0.3 is 5.97 Å². The van der Waals surface area contributed by atoms with Gasteiger partial charge in [-0.2, -0.15) is 5.10 Å². The largest absolute Gasteiger partial charge is 0.484 e. The first-order valence-corrected chi connectivity index (χ1v) is 12.2. The average molecular weight is 582 g/mol. The van der Waals surface area contributed by atoms with E-state index in [1.807, 2.05) is 58.0 Å². The smallest absolute Gasteiger partial charge is 0.349 e. The molecular formula is C23H21ClIN3O3S. The summed E-state index contributed by atoms with van der Waals surface area (Å²) in [5.74, 6) is -0.678. The van der Waals surface area contributed by atoms with Crippen molar-refractivity contribution in [3.05, 3.63) is 67.3 Å². The number of hydrogen-bond acceptors (Lipinski definition) is 5. The summed E-state index contributed by atoms with van der Waals surface area (Å²) in [5.41, 5.74) is 2.63. The number of carboxylic acids is 1. The molecule has 0 amide bonds. The number of carbonyl (C=O) groups is 1. The number of benzene rings is 1. The summed E-state index contributed by atoms with van der Waals surface area (Å²) in [4.78, 5) is 17.6. The van der Waals surface area contributed by atoms with E-state index in [1.165, 1.54) is 11.3 Å². The molecule has 0 aliphatic rings. The zero-order valence-corrected chi connectivity index (χ0v) is 21.6. The monoisotopic (exact) mass is 581 g/mol. The van der Waals surface area contributed by atoms with Crippen LogP contribution in [0.2, 0.25) is 5.02 Å². The van der Waals surface area contributed by atoms with E-state index in [2.05, 4.69) is 32.7 Å². The van der Waals surface area contributed by atoms with Gasteiger partial charge in [0.2, 0.25) is 0 Å². The van der Waals surface area contributed by atoms with Crippen LogP contribution in [0.4, 0.5) is 0 Å². The summed E-state index contributed by atoms with van der Waals surface area (Å²) in [6.07, 6.45) is 1.29. The fraction of sp³-hybridized carbons (Fsp3) is 0.261. The van der Waals surface area contributed by atoms with Gasteiger partial charge in [0.05, 0.1) is 11.1 Å². The molecule has 0 radical (unpaired) electrons. The van der Waals surface area contributed by atoms with E-state index in [0.717, 1.165) is 25.4 Å². The molecular weight excluding hydrogens is 561 g/mol. The van der Waals surface area contributed by atoms with Gasteiger partial charge in [-0.05, 0) is 53.1 Å². The Morgan fingerprint density at radius 1 is 1.25 bits per heavy atom. The highest BCUT2D eigenvalue weighted by molar-refractivity contribution is 14.1. The Morgan fingerprint density at radius 3 is 2.62 bits per heavy atom. The molecule has 1 N–H and O–H groups in total. The van der Waals surface area contributed by atoms with Crippen molar-refractivity contribution < 1.29 is 14.6 Å². The van der Waals surface area contributed by atoms with Crippen molar-refractivity contribution in [3.8, 4) is 16.3 Å². The van der Waals surface area contributed by atoms with Gasteiger partial charge < -0.3 is 9.84 Å². The Labute approximate surface area is 208 Å². The van der Waals surface area contributed by atoms with Gasteiger partial charge in [0.1, 0.15) is 21.2 Å². The number of hydrogen-bond donors (Lipinski definition) is 1. The predicted molar refractivity (Wildman–Crippen MR) is 135 cm³/mol. The first kappa shape index (κ1) is 23.0. The second kappa shape index (κ2) is 8.64. The van der Waals surface area contributed by atoms with Crippen LogP contribution < -0.4 is 4.74 Å². The first-order valence-electron chi connectivity index (χ1n) is 9.90. The third-order valence-corrected chi connectivity index (χ3v) is 7.11. The molecule has 9 heteroatoms. The zero-order valence-electron chi connectivity index (χ0n) is 17.9. The van der Waals surface area contributed by atoms with Crippen molar-refractivity contribution in [3.63, 3.8) is 0 Å². The quantitative estimate of drug-likeness (QED) is 0.261. The van der Waals surface area contributed by atoms with E-state index < -0.39 is 17.5 Å². The maximum Gasteiger partial charge on any atom is 0.349 e. The molecule has 4 rings (SSSR count). The number of ether oxygens (including phenoxy) is 1. The van der Waals surface area contributed by atoms with Crippen LogP contribution >= 0.6 is 45.5 Å². The Balaban J connectivity index is 1.94. The molecule has 3 aromatic heterocycles. The van der Waals surface area contributed by atoms with E-state index in [0.29, 0.717) is 16.4 Å². The number of thiophene rings is 1. The SMILES string of the molecule is C[C@@H](Oc1c(C(=O)O)sc(-c2cnc3ccc(I)nn23)c1C(C)(C)C)c1ccccc1Cl. The lowest BCUT2D eigenvalue weighted by molar-refractivity contribution is 0.0695. The summed E-state index contributed by atoms with van der Waals surface area (Å²) in [5, 5.41) is 15.2. The number of rotatable bonds is 5. The summed E-state index contributed by atoms with van der Waals surface area (Å²) in [6.45, 7) is 7.99. The lowest BCUT2D eigenvalue weighted by atomic mass is 9.85. The van der Waals surface area contributed by atoms with Crippen LogP contribution in [0.5, 0.6) is 5.75 Å². The van der Waals surface area contributed by atoms with E-state index >= 15 is 0 Å². The third-order valence-electron chi connectivity index (χ3n) is 5.01. The summed E-state index contributed by atoms with van der Waals surface area (Å²) in [7, 11) is 0. The Bertz CT molecular complexity index is 1330. The number of carboxylic acid groups (broad SMARTS) is 1. The van der Waals surface area contributed by atoms with Gasteiger partial charge in [-0.15, -0.1) is 11.3 Å². The number of fused-ring (bicyclic) bond motifs is 1. The maximum absolute atomic E-state index is 12.3. The van der Waals surface area contributed by atoms with E-state index in [1.54, 1.807) is 16.8 Å². The van der Waals surface area contributed by atoms with Crippen LogP contribution in [0.15, 0.2) is 42.6 Å². The first-order chi connectivity index (χ1) is 15.1. The van der Waals surface area contributed by atoms with Crippen molar-refractivity contribution in [1.29, 1.82) is 0 Å². The van der Waals surface area contributed by atoms with Gasteiger partial charge in [0.15, 0.2) is 10.5 Å². The van der Waals surface area contributed by atoms with Crippen LogP contribution in [-0.2, 0) is 5.41 Å². The molecule has 0 saturated carbocycles. The lowest BCUT2D eigenvalue weighted by Crippen LogP contribution is -2.16. The van der Waals surface area contributed by atoms with Crippen LogP contribution in [0.25, 0.3) is 16.2 Å². The number of nitrogens with zero attached hydrogens (tertiary/aromatic N) is 3. The van der Waals surface area contributed by atoms with Gasteiger partial charge in [0.25, 0.3) is 0 Å². The molecule has 6 nitrogen and oxygen atoms in total. The second-order valence-electron chi connectivity index (χ2n) is 8.37. The molecule has 0 spiro atoms. The Kier molecular flexibility index (Phi) is 6.21. The fourth-order valence-corrected chi connectivity index (χ4v) is 5.55. The molecule has 0 aliphatic heterocycles. The minimum absolute atomic E-state index is 0.143. The van der Waals surface area contributed by atoms with Crippen LogP contribution in [0.1, 0.15) is 54.6 Å². The molecule has 1 aromatic carbocycles. The fourth-order valence-electron chi connectivity index (χ4n) is 3.58. The maximum atomic E-state index is 12.3. The lowest BCUT2D eigenvalue weighted by Gasteiger charge is -2.24. The molecule has 3 heterocycles. The summed E-state index contributed by atoms with van der Waals surface area (Å²) >= 11 is 9.70. The molecule has 166 valence electrons. The predicted octanol–water partition coefficient (Wildman–Crippen LogP) is 6.85. The molecule has 0 fully saturated rings. The number of halogens is 2. The third kappa shape index (κ3) is 4.23. The molecule has 32 heavy (non-hydrogen) atoms. The van der Waals surface area contributed by atoms with Crippen molar-refractivity contribution >= 4 is 57.1 Å².